The van der Waals surface area contributed by atoms with Gasteiger partial charge >= 0.3 is 0 Å². The average Bonchev–Trinajstić information content (AvgIpc) is 3.19. The Bertz CT molecular complexity index is 1250. The Balaban J connectivity index is 1.53. The number of hydrogen-bond acceptors (Lipinski definition) is 4. The monoisotopic (exact) mass is 469 g/mol. The Morgan fingerprint density at radius 3 is 2.06 bits per heavy atom. The molecular weight excluding hydrogens is 434 g/mol. The van der Waals surface area contributed by atoms with Gasteiger partial charge < -0.3 is 14.8 Å². The molecule has 2 N–H and O–H groups in total. The molecular formula is C30H35N3O2. The molecule has 5 nitrogen and oxygen atoms in total. The first-order valence-corrected chi connectivity index (χ1v) is 12.6. The van der Waals surface area contributed by atoms with Gasteiger partial charge in [0.15, 0.2) is 0 Å². The predicted octanol–water partition coefficient (Wildman–Crippen LogP) is 4.25. The summed E-state index contributed by atoms with van der Waals surface area (Å²) in [5.41, 5.74) is 7.11. The van der Waals surface area contributed by atoms with Gasteiger partial charge in [-0.25, -0.2) is 0 Å². The minimum atomic E-state index is -0.484. The highest BCUT2D eigenvalue weighted by Gasteiger charge is 2.24. The van der Waals surface area contributed by atoms with Crippen LogP contribution >= 0.6 is 0 Å². The van der Waals surface area contributed by atoms with Crippen molar-refractivity contribution >= 4 is 10.9 Å². The predicted molar refractivity (Wildman–Crippen MR) is 144 cm³/mol. The summed E-state index contributed by atoms with van der Waals surface area (Å²) in [7, 11) is 0. The first-order chi connectivity index (χ1) is 17.1. The van der Waals surface area contributed by atoms with Crippen molar-refractivity contribution in [1.29, 1.82) is 0 Å². The molecule has 1 aromatic heterocycles. The van der Waals surface area contributed by atoms with Gasteiger partial charge in [-0.05, 0) is 30.2 Å². The number of aliphatic hydroxyl groups excluding tert-OH is 2. The highest BCUT2D eigenvalue weighted by atomic mass is 16.3. The lowest BCUT2D eigenvalue weighted by atomic mass is 9.98. The second-order valence-electron chi connectivity index (χ2n) is 9.61. The van der Waals surface area contributed by atoms with Crippen LogP contribution in [-0.4, -0.2) is 76.6 Å². The number of nitrogens with zero attached hydrogens (tertiary/aromatic N) is 3. The minimum Gasteiger partial charge on any atom is -0.395 e. The van der Waals surface area contributed by atoms with E-state index in [9.17, 15) is 10.2 Å². The van der Waals surface area contributed by atoms with Crippen molar-refractivity contribution in [3.8, 4) is 22.4 Å². The molecule has 1 aliphatic rings. The number of β-amino-alcohol motifs (C(OH)–C–C–N with tert-alkyl or cyclic N) is 2. The normalized spacial score (nSPS) is 16.1. The van der Waals surface area contributed by atoms with Crippen molar-refractivity contribution in [2.75, 3.05) is 45.9 Å². The van der Waals surface area contributed by atoms with E-state index in [4.69, 9.17) is 0 Å². The van der Waals surface area contributed by atoms with Crippen LogP contribution in [0.15, 0.2) is 78.9 Å². The zero-order valence-electron chi connectivity index (χ0n) is 20.5. The summed E-state index contributed by atoms with van der Waals surface area (Å²) in [6.45, 7) is 7.97. The highest BCUT2D eigenvalue weighted by molar-refractivity contribution is 6.04. The topological polar surface area (TPSA) is 51.9 Å². The van der Waals surface area contributed by atoms with Crippen LogP contribution in [0.5, 0.6) is 0 Å². The van der Waals surface area contributed by atoms with Gasteiger partial charge in [0.2, 0.25) is 0 Å². The van der Waals surface area contributed by atoms with Gasteiger partial charge in [0, 0.05) is 55.7 Å². The average molecular weight is 470 g/mol. The summed E-state index contributed by atoms with van der Waals surface area (Å²) in [5.74, 6) is 0. The van der Waals surface area contributed by atoms with Crippen molar-refractivity contribution in [2.45, 2.75) is 19.6 Å². The number of aryl methyl sites for hydroxylation is 1. The number of hydrogen-bond donors (Lipinski definition) is 2. The number of fused-ring (bicyclic) bond motifs is 1. The van der Waals surface area contributed by atoms with E-state index in [1.165, 1.54) is 22.1 Å². The highest BCUT2D eigenvalue weighted by Crippen LogP contribution is 2.41. The number of rotatable bonds is 8. The third-order valence-corrected chi connectivity index (χ3v) is 7.07. The van der Waals surface area contributed by atoms with E-state index in [1.807, 2.05) is 6.07 Å². The van der Waals surface area contributed by atoms with E-state index in [0.29, 0.717) is 13.1 Å². The first kappa shape index (κ1) is 23.8. The molecule has 1 unspecified atom stereocenters. The van der Waals surface area contributed by atoms with E-state index >= 15 is 0 Å². The maximum atomic E-state index is 11.3. The molecule has 1 fully saturated rings. The van der Waals surface area contributed by atoms with Crippen molar-refractivity contribution < 1.29 is 10.2 Å². The molecule has 1 saturated heterocycles. The van der Waals surface area contributed by atoms with Crippen LogP contribution in [-0.2, 0) is 6.54 Å². The summed E-state index contributed by atoms with van der Waals surface area (Å²) in [4.78, 5) is 4.62. The van der Waals surface area contributed by atoms with Gasteiger partial charge in [0.05, 0.1) is 24.9 Å². The number of benzene rings is 3. The molecule has 0 spiro atoms. The second kappa shape index (κ2) is 10.8. The molecule has 0 amide bonds. The molecule has 0 aliphatic carbocycles. The number of aromatic nitrogens is 1. The Hall–Kier alpha value is -2.96. The lowest BCUT2D eigenvalue weighted by molar-refractivity contribution is 0.0598. The zero-order valence-corrected chi connectivity index (χ0v) is 20.5. The van der Waals surface area contributed by atoms with Gasteiger partial charge in [0.1, 0.15) is 0 Å². The molecule has 1 atom stereocenters. The molecule has 2 heterocycles. The molecule has 0 radical (unpaired) electrons. The minimum absolute atomic E-state index is 0.203. The summed E-state index contributed by atoms with van der Waals surface area (Å²) >= 11 is 0. The fraction of sp³-hybridized carbons (Fsp3) is 0.333. The lowest BCUT2D eigenvalue weighted by Gasteiger charge is -2.35. The van der Waals surface area contributed by atoms with Crippen LogP contribution in [0.2, 0.25) is 0 Å². The van der Waals surface area contributed by atoms with Gasteiger partial charge in [-0.1, -0.05) is 72.3 Å². The van der Waals surface area contributed by atoms with Crippen molar-refractivity contribution in [3.63, 3.8) is 0 Å². The van der Waals surface area contributed by atoms with Crippen LogP contribution in [0.1, 0.15) is 5.56 Å². The molecule has 182 valence electrons. The second-order valence-corrected chi connectivity index (χ2v) is 9.61. The van der Waals surface area contributed by atoms with E-state index in [0.717, 1.165) is 49.5 Å². The van der Waals surface area contributed by atoms with Crippen molar-refractivity contribution in [2.24, 2.45) is 0 Å². The van der Waals surface area contributed by atoms with E-state index in [2.05, 4.69) is 94.1 Å². The zero-order chi connectivity index (χ0) is 24.2. The number of piperazine rings is 1. The Morgan fingerprint density at radius 1 is 0.771 bits per heavy atom. The Labute approximate surface area is 207 Å². The van der Waals surface area contributed by atoms with Crippen LogP contribution in [0, 0.1) is 6.92 Å². The maximum Gasteiger partial charge on any atom is 0.0845 e. The van der Waals surface area contributed by atoms with Gasteiger partial charge in [-0.2, -0.15) is 0 Å². The molecule has 35 heavy (non-hydrogen) atoms. The Kier molecular flexibility index (Phi) is 7.30. The fourth-order valence-corrected chi connectivity index (χ4v) is 5.35. The maximum absolute atomic E-state index is 11.3. The quantitative estimate of drug-likeness (QED) is 0.405. The van der Waals surface area contributed by atoms with E-state index < -0.39 is 6.10 Å². The third-order valence-electron chi connectivity index (χ3n) is 7.07. The van der Waals surface area contributed by atoms with Crippen LogP contribution < -0.4 is 0 Å². The molecule has 0 bridgehead atoms. The van der Waals surface area contributed by atoms with Crippen molar-refractivity contribution in [1.82, 2.24) is 14.4 Å². The van der Waals surface area contributed by atoms with E-state index in [1.54, 1.807) is 0 Å². The van der Waals surface area contributed by atoms with Crippen LogP contribution in [0.4, 0.5) is 0 Å². The summed E-state index contributed by atoms with van der Waals surface area (Å²) in [6.07, 6.45) is -0.484. The van der Waals surface area contributed by atoms with Crippen molar-refractivity contribution in [3.05, 3.63) is 84.4 Å². The van der Waals surface area contributed by atoms with Gasteiger partial charge in [-0.15, -0.1) is 0 Å². The van der Waals surface area contributed by atoms with Crippen LogP contribution in [0.3, 0.4) is 0 Å². The Morgan fingerprint density at radius 2 is 1.40 bits per heavy atom. The largest absolute Gasteiger partial charge is 0.395 e. The smallest absolute Gasteiger partial charge is 0.0845 e. The molecule has 1 aliphatic heterocycles. The molecule has 4 aromatic rings. The first-order valence-electron chi connectivity index (χ1n) is 12.6. The summed E-state index contributed by atoms with van der Waals surface area (Å²) in [5, 5.41) is 21.7. The summed E-state index contributed by atoms with van der Waals surface area (Å²) in [6, 6.07) is 27.8. The SMILES string of the molecule is Cc1ccc2c(c1)c(-c1ccccc1)c(-c1ccccc1)n2CC(O)CN1CCN(CCO)CC1. The molecule has 5 rings (SSSR count). The van der Waals surface area contributed by atoms with Crippen LogP contribution in [0.25, 0.3) is 33.3 Å². The van der Waals surface area contributed by atoms with Gasteiger partial charge in [0.25, 0.3) is 0 Å². The van der Waals surface area contributed by atoms with E-state index in [-0.39, 0.29) is 6.61 Å². The standard InChI is InChI=1S/C30H35N3O2/c1-23-12-13-28-27(20-23)29(24-8-4-2-5-9-24)30(25-10-6-3-7-11-25)33(28)22-26(35)21-32-16-14-31(15-17-32)18-19-34/h2-13,20,26,34-35H,14-19,21-22H2,1H3. The summed E-state index contributed by atoms with van der Waals surface area (Å²) < 4.78 is 2.32. The molecule has 0 saturated carbocycles. The number of aliphatic hydroxyl groups is 2. The molecule has 3 aromatic carbocycles. The fourth-order valence-electron chi connectivity index (χ4n) is 5.35. The molecule has 5 heteroatoms. The lowest BCUT2D eigenvalue weighted by Crippen LogP contribution is -2.49. The van der Waals surface area contributed by atoms with Gasteiger partial charge in [-0.3, -0.25) is 9.80 Å². The third kappa shape index (κ3) is 5.19.